The first-order chi connectivity index (χ1) is 8.40. The van der Waals surface area contributed by atoms with Crippen molar-refractivity contribution >= 4 is 6.09 Å². The van der Waals surface area contributed by atoms with E-state index in [0.29, 0.717) is 18.1 Å². The summed E-state index contributed by atoms with van der Waals surface area (Å²) in [6.45, 7) is 5.79. The van der Waals surface area contributed by atoms with Gasteiger partial charge in [0.2, 0.25) is 0 Å². The van der Waals surface area contributed by atoms with Gasteiger partial charge in [-0.2, -0.15) is 0 Å². The van der Waals surface area contributed by atoms with Crippen molar-refractivity contribution in [2.24, 2.45) is 0 Å². The Morgan fingerprint density at radius 1 is 1.22 bits per heavy atom. The van der Waals surface area contributed by atoms with Gasteiger partial charge in [0.15, 0.2) is 0 Å². The van der Waals surface area contributed by atoms with Crippen molar-refractivity contribution in [3.05, 3.63) is 0 Å². The zero-order chi connectivity index (χ0) is 13.3. The van der Waals surface area contributed by atoms with E-state index in [-0.39, 0.29) is 6.09 Å². The molecular formula is C14H26N2O2. The zero-order valence-corrected chi connectivity index (χ0v) is 12.0. The maximum atomic E-state index is 12.3. The molecular weight excluding hydrogens is 228 g/mol. The molecule has 2 rings (SSSR count). The molecule has 18 heavy (non-hydrogen) atoms. The highest BCUT2D eigenvalue weighted by atomic mass is 16.6. The Hall–Kier alpha value is -0.770. The Balaban J connectivity index is 2.06. The van der Waals surface area contributed by atoms with Crippen molar-refractivity contribution in [2.45, 2.75) is 76.6 Å². The minimum absolute atomic E-state index is 0.119. The molecule has 0 aromatic heterocycles. The van der Waals surface area contributed by atoms with Crippen molar-refractivity contribution in [3.63, 3.8) is 0 Å². The Kier molecular flexibility index (Phi) is 3.85. The highest BCUT2D eigenvalue weighted by Gasteiger charge is 2.42. The van der Waals surface area contributed by atoms with E-state index in [1.807, 2.05) is 32.7 Å². The number of fused-ring (bicyclic) bond motifs is 2. The Bertz CT molecular complexity index is 297. The summed E-state index contributed by atoms with van der Waals surface area (Å²) in [6, 6.07) is 1.29. The predicted molar refractivity (Wildman–Crippen MR) is 71.6 cm³/mol. The molecule has 1 amide bonds. The third-order valence-corrected chi connectivity index (χ3v) is 3.99. The quantitative estimate of drug-likeness (QED) is 0.782. The topological polar surface area (TPSA) is 41.6 Å². The van der Waals surface area contributed by atoms with Crippen molar-refractivity contribution in [1.29, 1.82) is 0 Å². The van der Waals surface area contributed by atoms with E-state index in [1.165, 1.54) is 6.42 Å². The summed E-state index contributed by atoms with van der Waals surface area (Å²) in [7, 11) is 2.02. The van der Waals surface area contributed by atoms with Gasteiger partial charge in [0.05, 0.1) is 0 Å². The molecule has 2 fully saturated rings. The minimum atomic E-state index is -0.398. The van der Waals surface area contributed by atoms with Crippen LogP contribution in [0.1, 0.15) is 52.9 Å². The van der Waals surface area contributed by atoms with E-state index in [2.05, 4.69) is 5.32 Å². The molecule has 104 valence electrons. The van der Waals surface area contributed by atoms with Crippen LogP contribution in [0.3, 0.4) is 0 Å². The van der Waals surface area contributed by atoms with Crippen LogP contribution in [0.15, 0.2) is 0 Å². The van der Waals surface area contributed by atoms with Crippen LogP contribution in [0.5, 0.6) is 0 Å². The van der Waals surface area contributed by atoms with Crippen LogP contribution in [0.25, 0.3) is 0 Å². The van der Waals surface area contributed by atoms with Gasteiger partial charge >= 0.3 is 6.09 Å². The van der Waals surface area contributed by atoms with Gasteiger partial charge in [0.25, 0.3) is 0 Å². The second-order valence-electron chi connectivity index (χ2n) is 6.58. The van der Waals surface area contributed by atoms with Crippen LogP contribution in [0, 0.1) is 0 Å². The maximum absolute atomic E-state index is 12.3. The first kappa shape index (κ1) is 13.7. The summed E-state index contributed by atoms with van der Waals surface area (Å²) in [5.74, 6) is 0. The largest absolute Gasteiger partial charge is 0.444 e. The fourth-order valence-electron chi connectivity index (χ4n) is 3.23. The average Bonchev–Trinajstić information content (AvgIpc) is 2.24. The number of piperidine rings is 2. The fourth-order valence-corrected chi connectivity index (χ4v) is 3.23. The molecule has 0 aromatic rings. The summed E-state index contributed by atoms with van der Waals surface area (Å²) in [4.78, 5) is 14.3. The lowest BCUT2D eigenvalue weighted by molar-refractivity contribution is -0.0229. The first-order valence-corrected chi connectivity index (χ1v) is 7.09. The molecule has 0 radical (unpaired) electrons. The number of carbonyl (C=O) groups excluding carboxylic acids is 1. The third kappa shape index (κ3) is 2.97. The number of nitrogens with zero attached hydrogens (tertiary/aromatic N) is 1. The highest BCUT2D eigenvalue weighted by molar-refractivity contribution is 5.69. The Labute approximate surface area is 110 Å². The van der Waals surface area contributed by atoms with Crippen LogP contribution < -0.4 is 5.32 Å². The lowest BCUT2D eigenvalue weighted by Gasteiger charge is -2.48. The number of amides is 1. The van der Waals surface area contributed by atoms with Gasteiger partial charge in [-0.1, -0.05) is 0 Å². The monoisotopic (exact) mass is 254 g/mol. The normalized spacial score (nSPS) is 32.2. The standard InChI is InChI=1S/C14H26N2O2/c1-14(2,3)18-13(17)16-11-6-5-7-12(16)9-10(8-11)15-4/h10-12,15H,5-9H2,1-4H3/t11-,12-/m0/s1. The van der Waals surface area contributed by atoms with Crippen molar-refractivity contribution in [2.75, 3.05) is 7.05 Å². The average molecular weight is 254 g/mol. The van der Waals surface area contributed by atoms with Crippen LogP contribution in [0.2, 0.25) is 0 Å². The van der Waals surface area contributed by atoms with Gasteiger partial charge in [0, 0.05) is 18.1 Å². The number of nitrogens with one attached hydrogen (secondary N) is 1. The minimum Gasteiger partial charge on any atom is -0.444 e. The fraction of sp³-hybridized carbons (Fsp3) is 0.929. The lowest BCUT2D eigenvalue weighted by atomic mass is 9.82. The number of ether oxygens (including phenoxy) is 1. The molecule has 0 saturated carbocycles. The zero-order valence-electron chi connectivity index (χ0n) is 12.0. The lowest BCUT2D eigenvalue weighted by Crippen LogP contribution is -2.58. The molecule has 0 aliphatic carbocycles. The van der Waals surface area contributed by atoms with Crippen molar-refractivity contribution in [3.8, 4) is 0 Å². The van der Waals surface area contributed by atoms with Crippen LogP contribution in [-0.4, -0.2) is 41.8 Å². The molecule has 0 spiro atoms. The van der Waals surface area contributed by atoms with Crippen molar-refractivity contribution < 1.29 is 9.53 Å². The molecule has 4 heteroatoms. The van der Waals surface area contributed by atoms with E-state index in [1.54, 1.807) is 0 Å². The van der Waals surface area contributed by atoms with Gasteiger partial charge in [-0.25, -0.2) is 4.79 Å². The van der Waals surface area contributed by atoms with Gasteiger partial charge in [-0.3, -0.25) is 0 Å². The molecule has 4 nitrogen and oxygen atoms in total. The second kappa shape index (κ2) is 5.08. The maximum Gasteiger partial charge on any atom is 0.410 e. The number of hydrogen-bond acceptors (Lipinski definition) is 3. The van der Waals surface area contributed by atoms with Crippen LogP contribution in [0.4, 0.5) is 4.79 Å². The van der Waals surface area contributed by atoms with Gasteiger partial charge in [0.1, 0.15) is 5.60 Å². The Morgan fingerprint density at radius 2 is 1.78 bits per heavy atom. The van der Waals surface area contributed by atoms with E-state index in [9.17, 15) is 4.79 Å². The van der Waals surface area contributed by atoms with Gasteiger partial charge in [-0.05, 0) is 59.9 Å². The molecule has 2 saturated heterocycles. The second-order valence-corrected chi connectivity index (χ2v) is 6.58. The SMILES string of the molecule is CNC1C[C@@H]2CCC[C@@H](C1)N2C(=O)OC(C)(C)C. The molecule has 0 unspecified atom stereocenters. The summed E-state index contributed by atoms with van der Waals surface area (Å²) >= 11 is 0. The molecule has 1 N–H and O–H groups in total. The van der Waals surface area contributed by atoms with E-state index < -0.39 is 5.60 Å². The van der Waals surface area contributed by atoms with Gasteiger partial charge < -0.3 is 15.0 Å². The number of carbonyl (C=O) groups is 1. The van der Waals surface area contributed by atoms with E-state index in [0.717, 1.165) is 25.7 Å². The summed E-state index contributed by atoms with van der Waals surface area (Å²) in [6.07, 6.45) is 5.48. The predicted octanol–water partition coefficient (Wildman–Crippen LogP) is 2.53. The number of hydrogen-bond donors (Lipinski definition) is 1. The summed E-state index contributed by atoms with van der Waals surface area (Å²) in [5.41, 5.74) is -0.398. The molecule has 0 aromatic carbocycles. The molecule has 2 heterocycles. The highest BCUT2D eigenvalue weighted by Crippen LogP contribution is 2.35. The third-order valence-electron chi connectivity index (χ3n) is 3.99. The van der Waals surface area contributed by atoms with Gasteiger partial charge in [-0.15, -0.1) is 0 Å². The molecule has 2 aliphatic rings. The molecule has 2 aliphatic heterocycles. The van der Waals surface area contributed by atoms with Crippen LogP contribution in [-0.2, 0) is 4.74 Å². The van der Waals surface area contributed by atoms with E-state index in [4.69, 9.17) is 4.74 Å². The smallest absolute Gasteiger partial charge is 0.410 e. The first-order valence-electron chi connectivity index (χ1n) is 7.09. The summed E-state index contributed by atoms with van der Waals surface area (Å²) in [5, 5.41) is 3.36. The molecule has 2 bridgehead atoms. The Morgan fingerprint density at radius 3 is 2.22 bits per heavy atom. The number of rotatable bonds is 1. The summed E-state index contributed by atoms with van der Waals surface area (Å²) < 4.78 is 5.55. The molecule has 2 atom stereocenters. The van der Waals surface area contributed by atoms with Crippen molar-refractivity contribution in [1.82, 2.24) is 10.2 Å². The van der Waals surface area contributed by atoms with Crippen LogP contribution >= 0.6 is 0 Å². The van der Waals surface area contributed by atoms with E-state index >= 15 is 0 Å².